The number of likely N-dealkylation sites (N-methyl/N-ethyl adjacent to an activating group) is 1. The molecule has 1 aromatic carbocycles. The van der Waals surface area contributed by atoms with Crippen LogP contribution >= 0.6 is 0 Å². The second-order valence-electron chi connectivity index (χ2n) is 12.1. The molecule has 6 rings (SSSR count). The van der Waals surface area contributed by atoms with E-state index < -0.39 is 0 Å². The summed E-state index contributed by atoms with van der Waals surface area (Å²) in [5, 5.41) is 9.56. The first-order chi connectivity index (χ1) is 20.5. The maximum absolute atomic E-state index is 12.6. The Hall–Kier alpha value is -3.64. The van der Waals surface area contributed by atoms with Gasteiger partial charge in [-0.2, -0.15) is 10.2 Å². The highest BCUT2D eigenvalue weighted by atomic mass is 16.2. The Morgan fingerprint density at radius 2 is 1.90 bits per heavy atom. The molecular formula is C33H44N8O. The second kappa shape index (κ2) is 12.3. The fourth-order valence-corrected chi connectivity index (χ4v) is 7.50. The van der Waals surface area contributed by atoms with E-state index in [1.165, 1.54) is 35.0 Å². The van der Waals surface area contributed by atoms with E-state index in [2.05, 4.69) is 70.4 Å². The Labute approximate surface area is 250 Å². The number of anilines is 3. The van der Waals surface area contributed by atoms with E-state index in [9.17, 15) is 10.1 Å². The van der Waals surface area contributed by atoms with Crippen molar-refractivity contribution in [2.24, 2.45) is 0 Å². The van der Waals surface area contributed by atoms with Gasteiger partial charge in [-0.1, -0.05) is 38.6 Å². The molecule has 1 aromatic heterocycles. The third-order valence-corrected chi connectivity index (χ3v) is 9.84. The Kier molecular flexibility index (Phi) is 8.34. The van der Waals surface area contributed by atoms with Gasteiger partial charge in [-0.15, -0.1) is 0 Å². The minimum Gasteiger partial charge on any atom is -0.368 e. The van der Waals surface area contributed by atoms with E-state index in [-0.39, 0.29) is 11.9 Å². The highest BCUT2D eigenvalue weighted by Gasteiger charge is 2.37. The summed E-state index contributed by atoms with van der Waals surface area (Å²) < 4.78 is 0. The van der Waals surface area contributed by atoms with Crippen molar-refractivity contribution >= 4 is 23.4 Å². The summed E-state index contributed by atoms with van der Waals surface area (Å²) in [5.74, 6) is 1.73. The largest absolute Gasteiger partial charge is 0.368 e. The number of hydrogen-bond donors (Lipinski definition) is 0. The third-order valence-electron chi connectivity index (χ3n) is 9.84. The summed E-state index contributed by atoms with van der Waals surface area (Å²) in [6.45, 7) is 15.1. The smallest absolute Gasteiger partial charge is 0.246 e. The molecule has 2 fully saturated rings. The monoisotopic (exact) mass is 568 g/mol. The van der Waals surface area contributed by atoms with Crippen molar-refractivity contribution in [1.29, 1.82) is 5.26 Å². The maximum atomic E-state index is 12.6. The van der Waals surface area contributed by atoms with Gasteiger partial charge in [-0.05, 0) is 56.5 Å². The van der Waals surface area contributed by atoms with Crippen LogP contribution in [0.15, 0.2) is 36.9 Å². The molecule has 1 amide bonds. The van der Waals surface area contributed by atoms with Gasteiger partial charge < -0.3 is 19.6 Å². The van der Waals surface area contributed by atoms with Crippen molar-refractivity contribution in [3.8, 4) is 6.07 Å². The number of aromatic nitrogens is 2. The minimum absolute atomic E-state index is 0.104. The fourth-order valence-electron chi connectivity index (χ4n) is 7.50. The molecule has 3 aliphatic heterocycles. The maximum Gasteiger partial charge on any atom is 0.246 e. The van der Waals surface area contributed by atoms with Crippen LogP contribution in [0.2, 0.25) is 0 Å². The summed E-state index contributed by atoms with van der Waals surface area (Å²) >= 11 is 0. The topological polar surface area (TPSA) is 82.8 Å². The molecule has 0 saturated carbocycles. The average molecular weight is 569 g/mol. The molecule has 9 nitrogen and oxygen atoms in total. The van der Waals surface area contributed by atoms with Crippen LogP contribution in [-0.4, -0.2) is 96.2 Å². The number of aryl methyl sites for hydroxylation is 1. The van der Waals surface area contributed by atoms with E-state index in [1.807, 2.05) is 0 Å². The summed E-state index contributed by atoms with van der Waals surface area (Å²) in [5.41, 5.74) is 5.26. The lowest BCUT2D eigenvalue weighted by atomic mass is 9.88. The molecule has 2 atom stereocenters. The first-order valence-electron chi connectivity index (χ1n) is 15.8. The third kappa shape index (κ3) is 5.33. The highest BCUT2D eigenvalue weighted by molar-refractivity contribution is 5.87. The van der Waals surface area contributed by atoms with Gasteiger partial charge in [0.15, 0.2) is 0 Å². The van der Waals surface area contributed by atoms with E-state index in [4.69, 9.17) is 9.97 Å². The molecular weight excluding hydrogens is 524 g/mol. The molecule has 42 heavy (non-hydrogen) atoms. The lowest BCUT2D eigenvalue weighted by molar-refractivity contribution is -0.128. The average Bonchev–Trinajstić information content (AvgIpc) is 3.01. The number of benzene rings is 1. The van der Waals surface area contributed by atoms with Crippen LogP contribution in [0.3, 0.4) is 0 Å². The fraction of sp³-hybridized carbons (Fsp3) is 0.576. The molecule has 4 aliphatic rings. The number of nitriles is 1. The van der Waals surface area contributed by atoms with Crippen molar-refractivity contribution in [3.05, 3.63) is 53.7 Å². The molecule has 1 aliphatic carbocycles. The normalized spacial score (nSPS) is 22.3. The van der Waals surface area contributed by atoms with Crippen molar-refractivity contribution in [1.82, 2.24) is 19.8 Å². The predicted octanol–water partition coefficient (Wildman–Crippen LogP) is 3.43. The molecule has 222 valence electrons. The van der Waals surface area contributed by atoms with Crippen LogP contribution in [0.5, 0.6) is 0 Å². The highest BCUT2D eigenvalue weighted by Crippen LogP contribution is 2.37. The number of piperazine rings is 1. The molecule has 2 saturated heterocycles. The minimum atomic E-state index is -0.180. The molecule has 1 unspecified atom stereocenters. The molecule has 0 spiro atoms. The molecule has 0 bridgehead atoms. The SMILES string of the molecule is C=CC(=O)N1CCN(c2nc(N3CC(N(CC)CC)C3)nc3c2CCC(N2CCCc4ccccc42)C3)C[C@@H]1CC#N. The Bertz CT molecular complexity index is 1340. The van der Waals surface area contributed by atoms with Crippen LogP contribution < -0.4 is 14.7 Å². The number of carbonyl (C=O) groups excluding carboxylic acids is 1. The zero-order valence-electron chi connectivity index (χ0n) is 25.2. The van der Waals surface area contributed by atoms with Gasteiger partial charge in [0, 0.05) is 69.0 Å². The number of carbonyl (C=O) groups is 1. The first kappa shape index (κ1) is 28.5. The zero-order valence-corrected chi connectivity index (χ0v) is 25.2. The number of hydrogen-bond acceptors (Lipinski definition) is 8. The van der Waals surface area contributed by atoms with Crippen molar-refractivity contribution in [3.63, 3.8) is 0 Å². The van der Waals surface area contributed by atoms with Crippen LogP contribution in [0.4, 0.5) is 17.5 Å². The molecule has 4 heterocycles. The summed E-state index contributed by atoms with van der Waals surface area (Å²) in [6.07, 6.45) is 6.92. The number of rotatable bonds is 8. The van der Waals surface area contributed by atoms with Crippen LogP contribution in [-0.2, 0) is 24.1 Å². The number of fused-ring (bicyclic) bond motifs is 2. The zero-order chi connectivity index (χ0) is 29.2. The van der Waals surface area contributed by atoms with Gasteiger partial charge in [-0.3, -0.25) is 9.69 Å². The van der Waals surface area contributed by atoms with Crippen molar-refractivity contribution < 1.29 is 4.79 Å². The number of para-hydroxylation sites is 1. The van der Waals surface area contributed by atoms with Gasteiger partial charge in [-0.25, -0.2) is 4.98 Å². The summed E-state index contributed by atoms with van der Waals surface area (Å²) in [4.78, 5) is 34.7. The first-order valence-corrected chi connectivity index (χ1v) is 15.8. The van der Waals surface area contributed by atoms with Gasteiger partial charge in [0.25, 0.3) is 0 Å². The van der Waals surface area contributed by atoms with Crippen LogP contribution in [0, 0.1) is 11.3 Å². The molecule has 9 heteroatoms. The van der Waals surface area contributed by atoms with E-state index >= 15 is 0 Å². The Morgan fingerprint density at radius 1 is 1.10 bits per heavy atom. The quantitative estimate of drug-likeness (QED) is 0.448. The van der Waals surface area contributed by atoms with Gasteiger partial charge >= 0.3 is 0 Å². The van der Waals surface area contributed by atoms with E-state index in [1.54, 1.807) is 4.90 Å². The van der Waals surface area contributed by atoms with Crippen molar-refractivity contribution in [2.75, 3.05) is 67.1 Å². The lowest BCUT2D eigenvalue weighted by Crippen LogP contribution is -2.60. The van der Waals surface area contributed by atoms with E-state index in [0.29, 0.717) is 38.1 Å². The summed E-state index contributed by atoms with van der Waals surface area (Å²) in [6, 6.07) is 12.0. The summed E-state index contributed by atoms with van der Waals surface area (Å²) in [7, 11) is 0. The molecule has 0 radical (unpaired) electrons. The van der Waals surface area contributed by atoms with Crippen molar-refractivity contribution in [2.45, 2.75) is 70.5 Å². The second-order valence-corrected chi connectivity index (χ2v) is 12.1. The molecule has 0 N–H and O–H groups in total. The lowest BCUT2D eigenvalue weighted by Gasteiger charge is -2.46. The Morgan fingerprint density at radius 3 is 2.67 bits per heavy atom. The Balaban J connectivity index is 1.31. The standard InChI is InChI=1S/C33H44N8O/c1-4-31(42)41-19-18-38(21-26(41)15-16-34)32-28-14-13-25(40-17-9-11-24-10-7-8-12-30(24)40)20-29(28)35-33(36-32)39-22-27(23-39)37(5-2)6-3/h4,7-8,10,12,25-27H,1,5-6,9,11,13-15,17-23H2,2-3H3/t25?,26-/m0/s1. The van der Waals surface area contributed by atoms with E-state index in [0.717, 1.165) is 70.2 Å². The number of nitrogens with zero attached hydrogens (tertiary/aromatic N) is 8. The predicted molar refractivity (Wildman–Crippen MR) is 167 cm³/mol. The molecule has 2 aromatic rings. The van der Waals surface area contributed by atoms with Crippen LogP contribution in [0.25, 0.3) is 0 Å². The number of amides is 1. The van der Waals surface area contributed by atoms with Gasteiger partial charge in [0.1, 0.15) is 5.82 Å². The van der Waals surface area contributed by atoms with Gasteiger partial charge in [0.2, 0.25) is 11.9 Å². The van der Waals surface area contributed by atoms with Gasteiger partial charge in [0.05, 0.1) is 24.2 Å². The van der Waals surface area contributed by atoms with Crippen LogP contribution in [0.1, 0.15) is 49.9 Å².